The van der Waals surface area contributed by atoms with Crippen LogP contribution < -0.4 is 0 Å². The number of carbonyl (C=O) groups is 1. The molecule has 17 heavy (non-hydrogen) atoms. The average Bonchev–Trinajstić information content (AvgIpc) is 2.84. The van der Waals surface area contributed by atoms with E-state index in [-0.39, 0.29) is 29.0 Å². The minimum Gasteiger partial charge on any atom is -0.504 e. The molecule has 92 valence electrons. The number of phenols is 2. The van der Waals surface area contributed by atoms with E-state index in [1.807, 2.05) is 0 Å². The molecule has 1 fully saturated rings. The van der Waals surface area contributed by atoms with Crippen molar-refractivity contribution >= 4 is 5.91 Å². The largest absolute Gasteiger partial charge is 0.504 e. The smallest absolute Gasteiger partial charge is 0.257 e. The third-order valence-electron chi connectivity index (χ3n) is 3.02. The number of hydrogen-bond donors (Lipinski definition) is 2. The molecule has 5 heteroatoms. The third-order valence-corrected chi connectivity index (χ3v) is 3.02. The van der Waals surface area contributed by atoms with Crippen molar-refractivity contribution in [2.24, 2.45) is 0 Å². The highest BCUT2D eigenvalue weighted by molar-refractivity contribution is 5.97. The molecule has 2 rings (SSSR count). The molecule has 1 aromatic rings. The highest BCUT2D eigenvalue weighted by Crippen LogP contribution is 2.29. The van der Waals surface area contributed by atoms with Gasteiger partial charge in [-0.1, -0.05) is 6.07 Å². The summed E-state index contributed by atoms with van der Waals surface area (Å²) in [6.45, 7) is 1.16. The lowest BCUT2D eigenvalue weighted by Gasteiger charge is -2.23. The van der Waals surface area contributed by atoms with Crippen molar-refractivity contribution in [1.29, 1.82) is 0 Å². The molecule has 0 saturated carbocycles. The van der Waals surface area contributed by atoms with Gasteiger partial charge < -0.3 is 19.8 Å². The van der Waals surface area contributed by atoms with Gasteiger partial charge in [-0.2, -0.15) is 0 Å². The molecule has 0 spiro atoms. The van der Waals surface area contributed by atoms with Gasteiger partial charge in [-0.05, 0) is 18.6 Å². The van der Waals surface area contributed by atoms with E-state index >= 15 is 0 Å². The van der Waals surface area contributed by atoms with Crippen molar-refractivity contribution in [2.45, 2.75) is 12.5 Å². The predicted octanol–water partition coefficient (Wildman–Crippen LogP) is 0.959. The summed E-state index contributed by atoms with van der Waals surface area (Å²) in [7, 11) is 1.67. The molecule has 1 aliphatic heterocycles. The maximum atomic E-state index is 12.1. The first-order chi connectivity index (χ1) is 8.11. The van der Waals surface area contributed by atoms with Crippen LogP contribution in [0.25, 0.3) is 0 Å². The number of amides is 1. The predicted molar refractivity (Wildman–Crippen MR) is 61.1 cm³/mol. The Morgan fingerprint density at radius 1 is 1.47 bits per heavy atom. The summed E-state index contributed by atoms with van der Waals surface area (Å²) in [5.41, 5.74) is 0.111. The summed E-state index contributed by atoms with van der Waals surface area (Å²) in [6.07, 6.45) is 0.793. The van der Waals surface area contributed by atoms with Crippen LogP contribution in [0.5, 0.6) is 11.5 Å². The van der Waals surface area contributed by atoms with Gasteiger partial charge in [0, 0.05) is 13.7 Å². The van der Waals surface area contributed by atoms with Gasteiger partial charge in [0.15, 0.2) is 11.5 Å². The van der Waals surface area contributed by atoms with Crippen LogP contribution >= 0.6 is 0 Å². The molecule has 2 N–H and O–H groups in total. The van der Waals surface area contributed by atoms with Crippen molar-refractivity contribution in [2.75, 3.05) is 20.3 Å². The number of likely N-dealkylation sites (N-methyl/N-ethyl adjacent to an activating group) is 1. The Hall–Kier alpha value is -1.75. The van der Waals surface area contributed by atoms with Gasteiger partial charge in [0.05, 0.1) is 18.2 Å². The van der Waals surface area contributed by atoms with Gasteiger partial charge in [-0.3, -0.25) is 4.79 Å². The van der Waals surface area contributed by atoms with Gasteiger partial charge in [0.1, 0.15) is 0 Å². The van der Waals surface area contributed by atoms with Crippen LogP contribution in [0.3, 0.4) is 0 Å². The topological polar surface area (TPSA) is 70.0 Å². The fourth-order valence-corrected chi connectivity index (χ4v) is 1.89. The maximum absolute atomic E-state index is 12.1. The van der Waals surface area contributed by atoms with Crippen molar-refractivity contribution in [1.82, 2.24) is 4.90 Å². The second-order valence-electron chi connectivity index (χ2n) is 4.11. The lowest BCUT2D eigenvalue weighted by molar-refractivity contribution is 0.0707. The first-order valence-corrected chi connectivity index (χ1v) is 5.47. The minimum atomic E-state index is -0.372. The monoisotopic (exact) mass is 237 g/mol. The number of para-hydroxylation sites is 1. The SMILES string of the molecule is CN(C(=O)c1cccc(O)c1O)C1CCOC1. The molecule has 1 aliphatic rings. The van der Waals surface area contributed by atoms with E-state index in [0.29, 0.717) is 13.2 Å². The van der Waals surface area contributed by atoms with Crippen LogP contribution in [0, 0.1) is 0 Å². The fraction of sp³-hybridized carbons (Fsp3) is 0.417. The lowest BCUT2D eigenvalue weighted by atomic mass is 10.1. The Bertz CT molecular complexity index is 427. The first kappa shape index (κ1) is 11.7. The average molecular weight is 237 g/mol. The highest BCUT2D eigenvalue weighted by Gasteiger charge is 2.26. The molecule has 1 amide bonds. The molecule has 0 bridgehead atoms. The molecule has 0 radical (unpaired) electrons. The van der Waals surface area contributed by atoms with Crippen LogP contribution in [0.15, 0.2) is 18.2 Å². The molecule has 1 unspecified atom stereocenters. The molecule has 0 aromatic heterocycles. The normalized spacial score (nSPS) is 19.2. The molecular weight excluding hydrogens is 222 g/mol. The lowest BCUT2D eigenvalue weighted by Crippen LogP contribution is -2.37. The van der Waals surface area contributed by atoms with Crippen molar-refractivity contribution < 1.29 is 19.7 Å². The van der Waals surface area contributed by atoms with E-state index in [4.69, 9.17) is 4.74 Å². The number of ether oxygens (including phenoxy) is 1. The van der Waals surface area contributed by atoms with Crippen LogP contribution in [0.4, 0.5) is 0 Å². The van der Waals surface area contributed by atoms with E-state index < -0.39 is 0 Å². The zero-order chi connectivity index (χ0) is 12.4. The van der Waals surface area contributed by atoms with E-state index in [9.17, 15) is 15.0 Å². The number of phenolic OH excluding ortho intramolecular Hbond substituents is 2. The quantitative estimate of drug-likeness (QED) is 0.752. The number of benzene rings is 1. The van der Waals surface area contributed by atoms with Gasteiger partial charge >= 0.3 is 0 Å². The zero-order valence-corrected chi connectivity index (χ0v) is 9.59. The molecule has 1 saturated heterocycles. The van der Waals surface area contributed by atoms with Gasteiger partial charge in [0.25, 0.3) is 5.91 Å². The summed E-state index contributed by atoms with van der Waals surface area (Å²) in [4.78, 5) is 13.6. The maximum Gasteiger partial charge on any atom is 0.257 e. The van der Waals surface area contributed by atoms with Gasteiger partial charge in [-0.15, -0.1) is 0 Å². The van der Waals surface area contributed by atoms with E-state index in [0.717, 1.165) is 6.42 Å². The van der Waals surface area contributed by atoms with Crippen LogP contribution in [-0.4, -0.2) is 47.3 Å². The zero-order valence-electron chi connectivity index (χ0n) is 9.59. The Morgan fingerprint density at radius 3 is 2.88 bits per heavy atom. The molecule has 1 aromatic carbocycles. The first-order valence-electron chi connectivity index (χ1n) is 5.47. The van der Waals surface area contributed by atoms with Crippen molar-refractivity contribution in [3.8, 4) is 11.5 Å². The standard InChI is InChI=1S/C12H15NO4/c1-13(8-5-6-17-7-8)12(16)9-3-2-4-10(14)11(9)15/h2-4,8,14-15H,5-7H2,1H3. The molecule has 1 heterocycles. The van der Waals surface area contributed by atoms with E-state index in [1.165, 1.54) is 18.2 Å². The second kappa shape index (κ2) is 4.63. The number of rotatable bonds is 2. The Labute approximate surface area is 99.2 Å². The Morgan fingerprint density at radius 2 is 2.24 bits per heavy atom. The van der Waals surface area contributed by atoms with Crippen molar-refractivity contribution in [3.63, 3.8) is 0 Å². The summed E-state index contributed by atoms with van der Waals surface area (Å²) >= 11 is 0. The van der Waals surface area contributed by atoms with E-state index in [1.54, 1.807) is 11.9 Å². The fourth-order valence-electron chi connectivity index (χ4n) is 1.89. The van der Waals surface area contributed by atoms with Crippen LogP contribution in [0.2, 0.25) is 0 Å². The Balaban J connectivity index is 2.21. The van der Waals surface area contributed by atoms with Crippen molar-refractivity contribution in [3.05, 3.63) is 23.8 Å². The highest BCUT2D eigenvalue weighted by atomic mass is 16.5. The van der Waals surface area contributed by atoms with Crippen LogP contribution in [0.1, 0.15) is 16.8 Å². The summed E-state index contributed by atoms with van der Waals surface area (Å²) in [6, 6.07) is 4.39. The molecular formula is C12H15NO4. The molecule has 5 nitrogen and oxygen atoms in total. The number of aromatic hydroxyl groups is 2. The molecule has 1 atom stereocenters. The summed E-state index contributed by atoms with van der Waals surface area (Å²) in [5, 5.41) is 19.0. The summed E-state index contributed by atoms with van der Waals surface area (Å²) in [5.74, 6) is -0.968. The number of carbonyl (C=O) groups excluding carboxylic acids is 1. The number of hydrogen-bond acceptors (Lipinski definition) is 4. The van der Waals surface area contributed by atoms with Crippen LogP contribution in [-0.2, 0) is 4.74 Å². The third kappa shape index (κ3) is 2.19. The number of nitrogens with zero attached hydrogens (tertiary/aromatic N) is 1. The Kier molecular flexibility index (Phi) is 3.19. The van der Waals surface area contributed by atoms with E-state index in [2.05, 4.69) is 0 Å². The van der Waals surface area contributed by atoms with Gasteiger partial charge in [-0.25, -0.2) is 0 Å². The van der Waals surface area contributed by atoms with Gasteiger partial charge in [0.2, 0.25) is 0 Å². The second-order valence-corrected chi connectivity index (χ2v) is 4.11. The minimum absolute atomic E-state index is 0.0317. The summed E-state index contributed by atoms with van der Waals surface area (Å²) < 4.78 is 5.21. The molecule has 0 aliphatic carbocycles.